The van der Waals surface area contributed by atoms with Crippen molar-refractivity contribution in [1.82, 2.24) is 4.72 Å². The van der Waals surface area contributed by atoms with Gasteiger partial charge in [0.2, 0.25) is 10.0 Å². The van der Waals surface area contributed by atoms with Gasteiger partial charge in [0.25, 0.3) is 0 Å². The molecule has 0 unspecified atom stereocenters. The second-order valence-corrected chi connectivity index (χ2v) is 7.98. The molecule has 4 saturated carbocycles. The number of nitrogens with one attached hydrogen (secondary N) is 1. The average Bonchev–Trinajstić information content (AvgIpc) is 2.20. The Morgan fingerprint density at radius 2 is 1.56 bits per heavy atom. The predicted octanol–water partition coefficient (Wildman–Crippen LogP) is 0.815. The maximum absolute atomic E-state index is 11.7. The molecule has 18 heavy (non-hydrogen) atoms. The van der Waals surface area contributed by atoms with E-state index in [9.17, 15) is 13.2 Å². The van der Waals surface area contributed by atoms with Crippen molar-refractivity contribution in [2.24, 2.45) is 23.7 Å². The molecular weight excluding hydrogens is 254 g/mol. The van der Waals surface area contributed by atoms with Crippen LogP contribution in [0.4, 0.5) is 0 Å². The van der Waals surface area contributed by atoms with Gasteiger partial charge < -0.3 is 5.11 Å². The van der Waals surface area contributed by atoms with E-state index in [1.54, 1.807) is 0 Å². The molecule has 4 bridgehead atoms. The lowest BCUT2D eigenvalue weighted by molar-refractivity contribution is -0.134. The first-order valence-electron chi connectivity index (χ1n) is 6.65. The Morgan fingerprint density at radius 1 is 1.06 bits per heavy atom. The number of carbonyl (C=O) groups is 1. The monoisotopic (exact) mass is 273 g/mol. The molecule has 5 nitrogen and oxygen atoms in total. The van der Waals surface area contributed by atoms with Crippen molar-refractivity contribution in [1.29, 1.82) is 0 Å². The predicted molar refractivity (Wildman–Crippen MR) is 65.4 cm³/mol. The summed E-state index contributed by atoms with van der Waals surface area (Å²) in [7, 11) is -3.67. The summed E-state index contributed by atoms with van der Waals surface area (Å²) in [6.07, 6.45) is 5.79. The summed E-state index contributed by atoms with van der Waals surface area (Å²) in [5.74, 6) is 0.344. The fraction of sp³-hybridized carbons (Fsp3) is 0.917. The van der Waals surface area contributed by atoms with Crippen LogP contribution >= 0.6 is 0 Å². The SMILES string of the molecule is O=C(O)CS(=O)(=O)NC1C2CC3CC(C2)CC1C3. The van der Waals surface area contributed by atoms with Crippen molar-refractivity contribution in [3.05, 3.63) is 0 Å². The minimum absolute atomic E-state index is 0.0119. The highest BCUT2D eigenvalue weighted by Gasteiger charge is 2.49. The van der Waals surface area contributed by atoms with Gasteiger partial charge in [-0.2, -0.15) is 0 Å². The van der Waals surface area contributed by atoms with Gasteiger partial charge in [0.05, 0.1) is 0 Å². The zero-order valence-corrected chi connectivity index (χ0v) is 11.0. The summed E-state index contributed by atoms with van der Waals surface area (Å²) in [4.78, 5) is 10.5. The lowest BCUT2D eigenvalue weighted by Crippen LogP contribution is -2.56. The molecule has 0 aromatic heterocycles. The topological polar surface area (TPSA) is 83.5 Å². The zero-order valence-electron chi connectivity index (χ0n) is 10.2. The molecule has 0 radical (unpaired) electrons. The van der Waals surface area contributed by atoms with E-state index in [0.29, 0.717) is 11.8 Å². The van der Waals surface area contributed by atoms with E-state index in [4.69, 9.17) is 5.11 Å². The Labute approximate surface area is 107 Å². The Morgan fingerprint density at radius 3 is 2.00 bits per heavy atom. The van der Waals surface area contributed by atoms with E-state index in [1.165, 1.54) is 6.42 Å². The van der Waals surface area contributed by atoms with Crippen LogP contribution < -0.4 is 4.72 Å². The van der Waals surface area contributed by atoms with Crippen LogP contribution in [0, 0.1) is 23.7 Å². The van der Waals surface area contributed by atoms with E-state index in [2.05, 4.69) is 4.72 Å². The first-order chi connectivity index (χ1) is 8.43. The first-order valence-corrected chi connectivity index (χ1v) is 8.30. The number of rotatable bonds is 4. The van der Waals surface area contributed by atoms with Crippen LogP contribution in [0.3, 0.4) is 0 Å². The van der Waals surface area contributed by atoms with Crippen molar-refractivity contribution >= 4 is 16.0 Å². The third-order valence-electron chi connectivity index (χ3n) is 4.86. The fourth-order valence-electron chi connectivity index (χ4n) is 4.53. The second-order valence-electron chi connectivity index (χ2n) is 6.23. The van der Waals surface area contributed by atoms with Gasteiger partial charge in [-0.25, -0.2) is 13.1 Å². The van der Waals surface area contributed by atoms with Crippen molar-refractivity contribution in [2.75, 3.05) is 5.75 Å². The summed E-state index contributed by atoms with van der Waals surface area (Å²) in [6.45, 7) is 0. The number of aliphatic carboxylic acids is 1. The molecular formula is C12H19NO4S. The number of carboxylic acids is 1. The molecule has 0 aromatic rings. The summed E-state index contributed by atoms with van der Waals surface area (Å²) in [6, 6.07) is -0.0119. The van der Waals surface area contributed by atoms with Crippen LogP contribution in [-0.4, -0.2) is 31.3 Å². The van der Waals surface area contributed by atoms with E-state index < -0.39 is 21.7 Å². The molecule has 0 aliphatic heterocycles. The van der Waals surface area contributed by atoms with Crippen molar-refractivity contribution in [3.8, 4) is 0 Å². The number of hydrogen-bond donors (Lipinski definition) is 2. The lowest BCUT2D eigenvalue weighted by atomic mass is 9.54. The highest BCUT2D eigenvalue weighted by molar-refractivity contribution is 7.90. The quantitative estimate of drug-likeness (QED) is 0.794. The Kier molecular flexibility index (Phi) is 2.90. The molecule has 102 valence electrons. The number of hydrogen-bond acceptors (Lipinski definition) is 3. The molecule has 4 fully saturated rings. The number of carboxylic acid groups (broad SMARTS) is 1. The average molecular weight is 273 g/mol. The molecule has 0 heterocycles. The minimum atomic E-state index is -3.67. The second kappa shape index (κ2) is 4.20. The van der Waals surface area contributed by atoms with Gasteiger partial charge in [-0.1, -0.05) is 0 Å². The zero-order chi connectivity index (χ0) is 12.9. The minimum Gasteiger partial charge on any atom is -0.480 e. The Balaban J connectivity index is 1.72. The van der Waals surface area contributed by atoms with E-state index in [0.717, 1.165) is 37.5 Å². The molecule has 0 saturated heterocycles. The van der Waals surface area contributed by atoms with Crippen LogP contribution in [0.1, 0.15) is 32.1 Å². The standard InChI is InChI=1S/C12H19NO4S/c14-11(15)6-18(16,17)13-12-9-2-7-1-8(4-9)5-10(12)3-7/h7-10,12-13H,1-6H2,(H,14,15). The maximum atomic E-state index is 11.7. The van der Waals surface area contributed by atoms with E-state index >= 15 is 0 Å². The number of sulfonamides is 1. The van der Waals surface area contributed by atoms with Crippen LogP contribution in [0.2, 0.25) is 0 Å². The normalized spacial score (nSPS) is 42.1. The molecule has 4 aliphatic rings. The molecule has 4 aliphatic carbocycles. The van der Waals surface area contributed by atoms with Crippen LogP contribution in [0.15, 0.2) is 0 Å². The highest BCUT2D eigenvalue weighted by atomic mass is 32.2. The third-order valence-corrected chi connectivity index (χ3v) is 6.11. The van der Waals surface area contributed by atoms with Gasteiger partial charge in [-0.3, -0.25) is 4.79 Å². The summed E-state index contributed by atoms with van der Waals surface area (Å²) in [5.41, 5.74) is 0. The lowest BCUT2D eigenvalue weighted by Gasteiger charge is -2.54. The van der Waals surface area contributed by atoms with Gasteiger partial charge in [-0.15, -0.1) is 0 Å². The fourth-order valence-corrected chi connectivity index (χ4v) is 5.74. The summed E-state index contributed by atoms with van der Waals surface area (Å²) >= 11 is 0. The van der Waals surface area contributed by atoms with Gasteiger partial charge >= 0.3 is 5.97 Å². The molecule has 4 rings (SSSR count). The van der Waals surface area contributed by atoms with Gasteiger partial charge in [0.15, 0.2) is 5.75 Å². The summed E-state index contributed by atoms with van der Waals surface area (Å²) in [5, 5.41) is 8.61. The molecule has 0 amide bonds. The van der Waals surface area contributed by atoms with Gasteiger partial charge in [-0.05, 0) is 55.8 Å². The molecule has 0 atom stereocenters. The Bertz CT molecular complexity index is 431. The molecule has 0 aromatic carbocycles. The molecule has 0 spiro atoms. The Hall–Kier alpha value is -0.620. The van der Waals surface area contributed by atoms with Crippen LogP contribution in [-0.2, 0) is 14.8 Å². The summed E-state index contributed by atoms with van der Waals surface area (Å²) < 4.78 is 26.1. The molecule has 6 heteroatoms. The molecule has 2 N–H and O–H groups in total. The van der Waals surface area contributed by atoms with Crippen molar-refractivity contribution in [2.45, 2.75) is 38.1 Å². The third kappa shape index (κ3) is 2.28. The van der Waals surface area contributed by atoms with Crippen molar-refractivity contribution < 1.29 is 18.3 Å². The highest BCUT2D eigenvalue weighted by Crippen LogP contribution is 2.53. The largest absolute Gasteiger partial charge is 0.480 e. The smallest absolute Gasteiger partial charge is 0.320 e. The first kappa shape index (κ1) is 12.4. The van der Waals surface area contributed by atoms with Crippen LogP contribution in [0.25, 0.3) is 0 Å². The van der Waals surface area contributed by atoms with Crippen molar-refractivity contribution in [3.63, 3.8) is 0 Å². The van der Waals surface area contributed by atoms with Crippen LogP contribution in [0.5, 0.6) is 0 Å². The van der Waals surface area contributed by atoms with Gasteiger partial charge in [0, 0.05) is 6.04 Å². The van der Waals surface area contributed by atoms with Gasteiger partial charge in [0.1, 0.15) is 0 Å². The maximum Gasteiger partial charge on any atom is 0.320 e. The van der Waals surface area contributed by atoms with E-state index in [-0.39, 0.29) is 6.04 Å². The van der Waals surface area contributed by atoms with E-state index in [1.807, 2.05) is 0 Å².